The number of amides is 1. The van der Waals surface area contributed by atoms with E-state index in [1.54, 1.807) is 17.1 Å². The SMILES string of the molecule is Cc1ccc(-n2cc(C(=O)N3CCNCC3c3nccn3C)nn2)cc1.Cl. The van der Waals surface area contributed by atoms with Crippen LogP contribution in [0, 0.1) is 6.92 Å². The Bertz CT molecular complexity index is 918. The number of carbonyl (C=O) groups is 1. The van der Waals surface area contributed by atoms with Crippen LogP contribution >= 0.6 is 12.4 Å². The van der Waals surface area contributed by atoms with E-state index in [9.17, 15) is 4.79 Å². The van der Waals surface area contributed by atoms with E-state index in [0.29, 0.717) is 18.8 Å². The first-order chi connectivity index (χ1) is 12.6. The van der Waals surface area contributed by atoms with E-state index in [4.69, 9.17) is 0 Å². The second-order valence-electron chi connectivity index (χ2n) is 6.50. The zero-order valence-corrected chi connectivity index (χ0v) is 16.1. The smallest absolute Gasteiger partial charge is 0.276 e. The van der Waals surface area contributed by atoms with Gasteiger partial charge in [-0.1, -0.05) is 22.9 Å². The first-order valence-electron chi connectivity index (χ1n) is 8.62. The maximum Gasteiger partial charge on any atom is 0.276 e. The summed E-state index contributed by atoms with van der Waals surface area (Å²) in [4.78, 5) is 19.3. The summed E-state index contributed by atoms with van der Waals surface area (Å²) in [5.41, 5.74) is 2.39. The molecule has 1 aliphatic heterocycles. The van der Waals surface area contributed by atoms with Gasteiger partial charge in [0.05, 0.1) is 11.9 Å². The van der Waals surface area contributed by atoms with Gasteiger partial charge in [0.1, 0.15) is 11.9 Å². The number of aromatic nitrogens is 5. The van der Waals surface area contributed by atoms with E-state index < -0.39 is 0 Å². The van der Waals surface area contributed by atoms with Crippen LogP contribution < -0.4 is 5.32 Å². The van der Waals surface area contributed by atoms with Crippen molar-refractivity contribution in [2.45, 2.75) is 13.0 Å². The number of hydrogen-bond donors (Lipinski definition) is 1. The second kappa shape index (κ2) is 7.89. The van der Waals surface area contributed by atoms with Gasteiger partial charge in [-0.3, -0.25) is 4.79 Å². The van der Waals surface area contributed by atoms with Crippen molar-refractivity contribution in [2.24, 2.45) is 7.05 Å². The largest absolute Gasteiger partial charge is 0.336 e. The number of aryl methyl sites for hydroxylation is 2. The van der Waals surface area contributed by atoms with Gasteiger partial charge in [0.15, 0.2) is 5.69 Å². The zero-order valence-electron chi connectivity index (χ0n) is 15.2. The fourth-order valence-corrected chi connectivity index (χ4v) is 3.21. The number of nitrogens with one attached hydrogen (secondary N) is 1. The van der Waals surface area contributed by atoms with Crippen LogP contribution in [0.1, 0.15) is 27.9 Å². The van der Waals surface area contributed by atoms with Crippen LogP contribution in [-0.2, 0) is 7.05 Å². The number of carbonyl (C=O) groups excluding carboxylic acids is 1. The number of nitrogens with zero attached hydrogens (tertiary/aromatic N) is 6. The van der Waals surface area contributed by atoms with Gasteiger partial charge in [-0.05, 0) is 19.1 Å². The monoisotopic (exact) mass is 387 g/mol. The molecule has 0 aliphatic carbocycles. The molecule has 1 atom stereocenters. The molecule has 3 heterocycles. The molecule has 4 rings (SSSR count). The summed E-state index contributed by atoms with van der Waals surface area (Å²) in [6.07, 6.45) is 5.32. The van der Waals surface area contributed by atoms with Crippen LogP contribution in [0.3, 0.4) is 0 Å². The normalized spacial score (nSPS) is 16.8. The van der Waals surface area contributed by atoms with E-state index in [-0.39, 0.29) is 24.4 Å². The van der Waals surface area contributed by atoms with E-state index >= 15 is 0 Å². The third kappa shape index (κ3) is 3.72. The molecule has 0 bridgehead atoms. The lowest BCUT2D eigenvalue weighted by molar-refractivity contribution is 0.0614. The maximum atomic E-state index is 13.1. The fourth-order valence-electron chi connectivity index (χ4n) is 3.21. The number of hydrogen-bond acceptors (Lipinski definition) is 5. The maximum absolute atomic E-state index is 13.1. The summed E-state index contributed by atoms with van der Waals surface area (Å²) in [5, 5.41) is 11.6. The Labute approximate surface area is 163 Å². The lowest BCUT2D eigenvalue weighted by Gasteiger charge is -2.35. The van der Waals surface area contributed by atoms with Crippen molar-refractivity contribution in [3.8, 4) is 5.69 Å². The second-order valence-corrected chi connectivity index (χ2v) is 6.50. The Morgan fingerprint density at radius 2 is 2.04 bits per heavy atom. The third-order valence-corrected chi connectivity index (χ3v) is 4.67. The van der Waals surface area contributed by atoms with E-state index in [2.05, 4.69) is 20.6 Å². The lowest BCUT2D eigenvalue weighted by atomic mass is 10.1. The molecule has 1 amide bonds. The molecule has 0 radical (unpaired) electrons. The summed E-state index contributed by atoms with van der Waals surface area (Å²) < 4.78 is 3.58. The highest BCUT2D eigenvalue weighted by Gasteiger charge is 2.32. The quantitative estimate of drug-likeness (QED) is 0.737. The Kier molecular flexibility index (Phi) is 5.57. The molecule has 1 N–H and O–H groups in total. The van der Waals surface area contributed by atoms with Gasteiger partial charge in [-0.25, -0.2) is 9.67 Å². The molecule has 1 aromatic carbocycles. The molecule has 9 heteroatoms. The molecule has 27 heavy (non-hydrogen) atoms. The van der Waals surface area contributed by atoms with Crippen LogP contribution in [-0.4, -0.2) is 55.0 Å². The molecule has 1 fully saturated rings. The van der Waals surface area contributed by atoms with Crippen molar-refractivity contribution < 1.29 is 4.79 Å². The molecule has 1 unspecified atom stereocenters. The summed E-state index contributed by atoms with van der Waals surface area (Å²) in [5.74, 6) is 0.731. The summed E-state index contributed by atoms with van der Waals surface area (Å²) in [6.45, 7) is 4.05. The van der Waals surface area contributed by atoms with Crippen LogP contribution in [0.4, 0.5) is 0 Å². The summed E-state index contributed by atoms with van der Waals surface area (Å²) in [6, 6.07) is 7.80. The van der Waals surface area contributed by atoms with Gasteiger partial charge in [-0.15, -0.1) is 17.5 Å². The third-order valence-electron chi connectivity index (χ3n) is 4.67. The molecule has 0 spiro atoms. The van der Waals surface area contributed by atoms with Crippen LogP contribution in [0.2, 0.25) is 0 Å². The van der Waals surface area contributed by atoms with Crippen LogP contribution in [0.25, 0.3) is 5.69 Å². The van der Waals surface area contributed by atoms with Crippen LogP contribution in [0.5, 0.6) is 0 Å². The van der Waals surface area contributed by atoms with Crippen LogP contribution in [0.15, 0.2) is 42.9 Å². The molecular formula is C18H22ClN7O. The average Bonchev–Trinajstić information content (AvgIpc) is 3.31. The van der Waals surface area contributed by atoms with Gasteiger partial charge in [0.25, 0.3) is 5.91 Å². The highest BCUT2D eigenvalue weighted by Crippen LogP contribution is 2.22. The Balaban J connectivity index is 0.00000210. The molecular weight excluding hydrogens is 366 g/mol. The van der Waals surface area contributed by atoms with Gasteiger partial charge in [0, 0.05) is 39.1 Å². The fraction of sp³-hybridized carbons (Fsp3) is 0.333. The van der Waals surface area contributed by atoms with Gasteiger partial charge >= 0.3 is 0 Å². The van der Waals surface area contributed by atoms with Crippen molar-refractivity contribution >= 4 is 18.3 Å². The minimum atomic E-state index is -0.127. The number of benzene rings is 1. The minimum absolute atomic E-state index is 0. The first-order valence-corrected chi connectivity index (χ1v) is 8.62. The van der Waals surface area contributed by atoms with Crippen molar-refractivity contribution in [1.29, 1.82) is 0 Å². The summed E-state index contributed by atoms with van der Waals surface area (Å²) in [7, 11) is 1.94. The Hall–Kier alpha value is -2.71. The predicted octanol–water partition coefficient (Wildman–Crippen LogP) is 1.52. The van der Waals surface area contributed by atoms with Crippen molar-refractivity contribution in [1.82, 2.24) is 34.8 Å². The molecule has 8 nitrogen and oxygen atoms in total. The zero-order chi connectivity index (χ0) is 18.1. The lowest BCUT2D eigenvalue weighted by Crippen LogP contribution is -2.49. The van der Waals surface area contributed by atoms with E-state index in [1.807, 2.05) is 53.9 Å². The van der Waals surface area contributed by atoms with Gasteiger partial charge in [0.2, 0.25) is 0 Å². The van der Waals surface area contributed by atoms with Gasteiger partial charge < -0.3 is 14.8 Å². The summed E-state index contributed by atoms with van der Waals surface area (Å²) >= 11 is 0. The molecule has 2 aromatic heterocycles. The highest BCUT2D eigenvalue weighted by atomic mass is 35.5. The standard InChI is InChI=1S/C18H21N7O.ClH/c1-13-3-5-14(6-4-13)25-12-15(21-22-25)18(26)24-10-7-19-11-16(24)17-20-8-9-23(17)2;/h3-6,8-9,12,16,19H,7,10-11H2,1-2H3;1H. The van der Waals surface area contributed by atoms with E-state index in [0.717, 1.165) is 18.1 Å². The minimum Gasteiger partial charge on any atom is -0.336 e. The van der Waals surface area contributed by atoms with Crippen molar-refractivity contribution in [3.05, 3.63) is 59.9 Å². The predicted molar refractivity (Wildman–Crippen MR) is 103 cm³/mol. The Morgan fingerprint density at radius 3 is 2.74 bits per heavy atom. The number of imidazole rings is 1. The van der Waals surface area contributed by atoms with Gasteiger partial charge in [-0.2, -0.15) is 0 Å². The molecule has 3 aromatic rings. The molecule has 0 saturated carbocycles. The number of rotatable bonds is 3. The number of piperazine rings is 1. The molecule has 1 aliphatic rings. The number of halogens is 1. The highest BCUT2D eigenvalue weighted by molar-refractivity contribution is 5.92. The molecule has 142 valence electrons. The topological polar surface area (TPSA) is 80.9 Å². The average molecular weight is 388 g/mol. The Morgan fingerprint density at radius 1 is 1.26 bits per heavy atom. The van der Waals surface area contributed by atoms with Crippen molar-refractivity contribution in [3.63, 3.8) is 0 Å². The molecule has 1 saturated heterocycles. The van der Waals surface area contributed by atoms with Crippen molar-refractivity contribution in [2.75, 3.05) is 19.6 Å². The van der Waals surface area contributed by atoms with E-state index in [1.165, 1.54) is 5.56 Å². The first kappa shape index (κ1) is 19.1.